The molecule has 4 heteroatoms. The van der Waals surface area contributed by atoms with Gasteiger partial charge in [-0.3, -0.25) is 0 Å². The number of rotatable bonds is 0. The van der Waals surface area contributed by atoms with E-state index in [1.807, 2.05) is 0 Å². The van der Waals surface area contributed by atoms with E-state index < -0.39 is 0 Å². The molecule has 0 bridgehead atoms. The fourth-order valence-corrected chi connectivity index (χ4v) is 0. The Hall–Kier alpha value is 1.93. The van der Waals surface area contributed by atoms with Crippen LogP contribution in [0.4, 0.5) is 0 Å². The molecule has 5 radical (unpaired) electrons. The molecule has 0 aromatic rings. The van der Waals surface area contributed by atoms with E-state index >= 15 is 0 Å². The van der Waals surface area contributed by atoms with Crippen molar-refractivity contribution >= 4 is 31.1 Å². The van der Waals surface area contributed by atoms with Gasteiger partial charge in [-0.15, -0.1) is 0 Å². The zero-order valence-corrected chi connectivity index (χ0v) is 6.80. The predicted octanol–water partition coefficient (Wildman–Crippen LogP) is -0.273. The van der Waals surface area contributed by atoms with Crippen molar-refractivity contribution < 1.29 is 34.1 Å². The first-order chi connectivity index (χ1) is 0. The van der Waals surface area contributed by atoms with Crippen molar-refractivity contribution in [3.05, 3.63) is 0 Å². The second-order valence-corrected chi connectivity index (χ2v) is 0. The minimum Gasteiger partial charge on any atom is -0.197 e. The molecule has 0 atom stereocenters. The Morgan fingerprint density at radius 2 is 1.00 bits per heavy atom. The molecule has 0 fully saturated rings. The van der Waals surface area contributed by atoms with Gasteiger partial charge in [-0.1, -0.05) is 0 Å². The largest absolute Gasteiger partial charge is 0.197 e. The fourth-order valence-electron chi connectivity index (χ4n) is 0. The molecule has 0 heterocycles. The number of hydrogen-bond donors (Lipinski definition) is 0. The van der Waals surface area contributed by atoms with E-state index in [0.717, 1.165) is 0 Å². The minimum absolute atomic E-state index is 0. The Balaban J connectivity index is 0. The first kappa shape index (κ1) is 38.7. The molecule has 0 spiro atoms. The summed E-state index contributed by atoms with van der Waals surface area (Å²) in [6, 6.07) is 0. The maximum absolute atomic E-state index is 0. The van der Waals surface area contributed by atoms with Crippen LogP contribution in [0.2, 0.25) is 0 Å². The molecule has 0 aliphatic heterocycles. The van der Waals surface area contributed by atoms with Crippen molar-refractivity contribution in [2.75, 3.05) is 0 Å². The van der Waals surface area contributed by atoms with Crippen molar-refractivity contribution in [3.63, 3.8) is 0 Å². The smallest absolute Gasteiger partial charge is 0 e. The van der Waals surface area contributed by atoms with Gasteiger partial charge in [0.15, 0.2) is 0 Å². The summed E-state index contributed by atoms with van der Waals surface area (Å²) in [5.41, 5.74) is 0. The predicted molar refractivity (Wildman–Crippen MR) is 16.1 cm³/mol. The van der Waals surface area contributed by atoms with Gasteiger partial charge in [-0.2, -0.15) is 13.5 Å². The van der Waals surface area contributed by atoms with Crippen LogP contribution in [0.1, 0.15) is 0 Å². The van der Waals surface area contributed by atoms with E-state index in [0.29, 0.717) is 0 Å². The molecular formula is H2CuFeGeS. The Bertz CT molecular complexity index is 8.00. The van der Waals surface area contributed by atoms with Crippen LogP contribution in [0.5, 0.6) is 0 Å². The topological polar surface area (TPSA) is 0 Å². The van der Waals surface area contributed by atoms with Crippen molar-refractivity contribution in [1.29, 1.82) is 0 Å². The molecule has 0 saturated carbocycles. The third-order valence-electron chi connectivity index (χ3n) is 0. The van der Waals surface area contributed by atoms with Crippen LogP contribution in [0, 0.1) is 0 Å². The summed E-state index contributed by atoms with van der Waals surface area (Å²) in [5, 5.41) is 0. The van der Waals surface area contributed by atoms with Crippen molar-refractivity contribution in [1.82, 2.24) is 0 Å². The molecular weight excluding hydrogens is 224 g/mol. The zero-order chi connectivity index (χ0) is 0. The van der Waals surface area contributed by atoms with Crippen LogP contribution in [0.3, 0.4) is 0 Å². The summed E-state index contributed by atoms with van der Waals surface area (Å²) >= 11 is 0. The van der Waals surface area contributed by atoms with Crippen LogP contribution in [0.25, 0.3) is 0 Å². The molecule has 0 unspecified atom stereocenters. The summed E-state index contributed by atoms with van der Waals surface area (Å²) < 4.78 is 0. The Labute approximate surface area is 64.9 Å². The molecule has 4 heavy (non-hydrogen) atoms. The summed E-state index contributed by atoms with van der Waals surface area (Å²) in [7, 11) is 0. The average molecular weight is 226 g/mol. The first-order valence-electron chi connectivity index (χ1n) is 0. The second-order valence-electron chi connectivity index (χ2n) is 0. The summed E-state index contributed by atoms with van der Waals surface area (Å²) in [4.78, 5) is 0. The van der Waals surface area contributed by atoms with Crippen LogP contribution in [-0.2, 0) is 34.1 Å². The van der Waals surface area contributed by atoms with Gasteiger partial charge in [0.05, 0.1) is 0 Å². The molecule has 0 aliphatic carbocycles. The molecule has 0 aliphatic rings. The van der Waals surface area contributed by atoms with Gasteiger partial charge in [0.2, 0.25) is 0 Å². The zero-order valence-electron chi connectivity index (χ0n) is 1.66. The quantitative estimate of drug-likeness (QED) is 0.499. The van der Waals surface area contributed by atoms with Crippen LogP contribution < -0.4 is 0 Å². The molecule has 0 amide bonds. The van der Waals surface area contributed by atoms with Gasteiger partial charge in [0.25, 0.3) is 0 Å². The molecule has 31 valence electrons. The van der Waals surface area contributed by atoms with Crippen LogP contribution in [0.15, 0.2) is 0 Å². The first-order valence-corrected chi connectivity index (χ1v) is 0. The summed E-state index contributed by atoms with van der Waals surface area (Å²) in [6.45, 7) is 0. The molecule has 0 aromatic heterocycles. The van der Waals surface area contributed by atoms with Gasteiger partial charge < -0.3 is 0 Å². The van der Waals surface area contributed by atoms with Crippen molar-refractivity contribution in [2.45, 2.75) is 0 Å². The SMILES string of the molecule is S.[Cu].[Fe].[Ge]. The third-order valence-corrected chi connectivity index (χ3v) is 0. The van der Waals surface area contributed by atoms with Crippen molar-refractivity contribution in [3.8, 4) is 0 Å². The molecule has 0 rings (SSSR count). The van der Waals surface area contributed by atoms with E-state index in [2.05, 4.69) is 0 Å². The maximum atomic E-state index is 0. The molecule has 0 aromatic carbocycles. The summed E-state index contributed by atoms with van der Waals surface area (Å²) in [6.07, 6.45) is 0. The monoisotopic (exact) mass is 227 g/mol. The van der Waals surface area contributed by atoms with E-state index in [1.54, 1.807) is 0 Å². The van der Waals surface area contributed by atoms with Gasteiger partial charge >= 0.3 is 0 Å². The Morgan fingerprint density at radius 1 is 1.00 bits per heavy atom. The van der Waals surface area contributed by atoms with Gasteiger partial charge in [-0.25, -0.2) is 0 Å². The number of hydrogen-bond acceptors (Lipinski definition) is 0. The standard InChI is InChI=1S/Cu.Fe.Ge.H2S/h;;;1H2. The van der Waals surface area contributed by atoms with E-state index in [4.69, 9.17) is 0 Å². The van der Waals surface area contributed by atoms with Crippen molar-refractivity contribution in [2.24, 2.45) is 0 Å². The minimum atomic E-state index is 0. The van der Waals surface area contributed by atoms with Crippen LogP contribution >= 0.6 is 13.5 Å². The normalized spacial score (nSPS) is 0. The van der Waals surface area contributed by atoms with Gasteiger partial charge in [-0.05, 0) is 0 Å². The van der Waals surface area contributed by atoms with Gasteiger partial charge in [0.1, 0.15) is 0 Å². The second kappa shape index (κ2) is 20.4. The van der Waals surface area contributed by atoms with E-state index in [9.17, 15) is 0 Å². The molecule has 0 nitrogen and oxygen atoms in total. The Morgan fingerprint density at radius 3 is 1.00 bits per heavy atom. The third kappa shape index (κ3) is 9.06. The van der Waals surface area contributed by atoms with Crippen LogP contribution in [-0.4, -0.2) is 17.6 Å². The fraction of sp³-hybridized carbons (Fsp3) is 0. The summed E-state index contributed by atoms with van der Waals surface area (Å²) in [5.74, 6) is 0. The average Bonchev–Trinajstić information content (AvgIpc) is 0. The molecule has 0 N–H and O–H groups in total. The van der Waals surface area contributed by atoms with E-state index in [-0.39, 0.29) is 65.2 Å². The van der Waals surface area contributed by atoms with Gasteiger partial charge in [0, 0.05) is 51.7 Å². The Kier molecular flexibility index (Phi) is 197. The van der Waals surface area contributed by atoms with E-state index in [1.165, 1.54) is 0 Å². The maximum Gasteiger partial charge on any atom is 0 e. The molecule has 0 saturated heterocycles.